The molecule has 0 radical (unpaired) electrons. The van der Waals surface area contributed by atoms with Crippen LogP contribution in [0.15, 0.2) is 12.3 Å². The number of halogens is 1. The molecule has 2 heterocycles. The zero-order valence-electron chi connectivity index (χ0n) is 9.19. The molecule has 6 heteroatoms. The molecule has 0 saturated carbocycles. The second-order valence-electron chi connectivity index (χ2n) is 3.90. The second kappa shape index (κ2) is 5.43. The fourth-order valence-electron chi connectivity index (χ4n) is 1.66. The zero-order chi connectivity index (χ0) is 11.4. The molecule has 1 N–H and O–H groups in total. The van der Waals surface area contributed by atoms with Gasteiger partial charge < -0.3 is 15.0 Å². The molecule has 5 nitrogen and oxygen atoms in total. The smallest absolute Gasteiger partial charge is 0.153 e. The lowest BCUT2D eigenvalue weighted by Gasteiger charge is -2.30. The van der Waals surface area contributed by atoms with Crippen molar-refractivity contribution in [2.24, 2.45) is 0 Å². The number of likely N-dealkylation sites (N-methyl/N-ethyl adjacent to an activating group) is 1. The lowest BCUT2D eigenvalue weighted by atomic mass is 10.3. The van der Waals surface area contributed by atoms with Gasteiger partial charge in [0.2, 0.25) is 0 Å². The minimum absolute atomic E-state index is 0.214. The van der Waals surface area contributed by atoms with Gasteiger partial charge in [-0.25, -0.2) is 0 Å². The highest BCUT2D eigenvalue weighted by molar-refractivity contribution is 6.29. The van der Waals surface area contributed by atoms with E-state index in [9.17, 15) is 0 Å². The van der Waals surface area contributed by atoms with Crippen molar-refractivity contribution in [3.63, 3.8) is 0 Å². The summed E-state index contributed by atoms with van der Waals surface area (Å²) in [6.45, 7) is 3.49. The topological polar surface area (TPSA) is 50.3 Å². The molecule has 1 aliphatic heterocycles. The fourth-order valence-corrected chi connectivity index (χ4v) is 1.82. The standard InChI is InChI=1S/C10H15ClN4O/c1-15-2-3-16-9(7-15)6-12-8-4-10(11)14-13-5-8/h4-5,9H,2-3,6-7H2,1H3,(H,12,14). The Morgan fingerprint density at radius 3 is 3.31 bits per heavy atom. The van der Waals surface area contributed by atoms with Gasteiger partial charge in [0, 0.05) is 25.7 Å². The van der Waals surface area contributed by atoms with Gasteiger partial charge in [-0.3, -0.25) is 0 Å². The van der Waals surface area contributed by atoms with Crippen molar-refractivity contribution in [1.82, 2.24) is 15.1 Å². The van der Waals surface area contributed by atoms with Crippen LogP contribution in [0.2, 0.25) is 5.15 Å². The summed E-state index contributed by atoms with van der Waals surface area (Å²) in [5.41, 5.74) is 0.872. The fraction of sp³-hybridized carbons (Fsp3) is 0.600. The number of nitrogens with zero attached hydrogens (tertiary/aromatic N) is 3. The summed E-state index contributed by atoms with van der Waals surface area (Å²) in [4.78, 5) is 2.26. The number of rotatable bonds is 3. The number of nitrogens with one attached hydrogen (secondary N) is 1. The van der Waals surface area contributed by atoms with Gasteiger partial charge in [0.1, 0.15) is 0 Å². The first kappa shape index (κ1) is 11.6. The zero-order valence-corrected chi connectivity index (χ0v) is 9.94. The van der Waals surface area contributed by atoms with E-state index in [0.717, 1.165) is 31.9 Å². The second-order valence-corrected chi connectivity index (χ2v) is 4.29. The van der Waals surface area contributed by atoms with E-state index in [0.29, 0.717) is 5.15 Å². The molecule has 1 atom stereocenters. The molecule has 0 spiro atoms. The highest BCUT2D eigenvalue weighted by Crippen LogP contribution is 2.11. The lowest BCUT2D eigenvalue weighted by molar-refractivity contribution is -0.0117. The highest BCUT2D eigenvalue weighted by atomic mass is 35.5. The molecule has 1 unspecified atom stereocenters. The van der Waals surface area contributed by atoms with Crippen LogP contribution in [-0.4, -0.2) is 54.5 Å². The van der Waals surface area contributed by atoms with Crippen molar-refractivity contribution in [1.29, 1.82) is 0 Å². The largest absolute Gasteiger partial charge is 0.381 e. The number of ether oxygens (including phenoxy) is 1. The Bertz CT molecular complexity index is 349. The molecule has 0 amide bonds. The molecular formula is C10H15ClN4O. The first-order valence-corrected chi connectivity index (χ1v) is 5.64. The van der Waals surface area contributed by atoms with Crippen LogP contribution in [0.25, 0.3) is 0 Å². The molecular weight excluding hydrogens is 228 g/mol. The predicted octanol–water partition coefficient (Wildman–Crippen LogP) is 0.872. The molecule has 88 valence electrons. The first-order valence-electron chi connectivity index (χ1n) is 5.26. The number of aromatic nitrogens is 2. The van der Waals surface area contributed by atoms with Crippen molar-refractivity contribution < 1.29 is 4.74 Å². The van der Waals surface area contributed by atoms with Crippen LogP contribution in [0.3, 0.4) is 0 Å². The lowest BCUT2D eigenvalue weighted by Crippen LogP contribution is -2.43. The van der Waals surface area contributed by atoms with Crippen molar-refractivity contribution in [3.05, 3.63) is 17.4 Å². The Morgan fingerprint density at radius 1 is 1.69 bits per heavy atom. The van der Waals surface area contributed by atoms with Gasteiger partial charge >= 0.3 is 0 Å². The van der Waals surface area contributed by atoms with E-state index in [1.165, 1.54) is 0 Å². The normalized spacial score (nSPS) is 22.0. The Balaban J connectivity index is 1.82. The summed E-state index contributed by atoms with van der Waals surface area (Å²) in [6.07, 6.45) is 1.86. The van der Waals surface area contributed by atoms with Gasteiger partial charge in [-0.1, -0.05) is 11.6 Å². The Labute approximate surface area is 99.7 Å². The first-order chi connectivity index (χ1) is 7.74. The molecule has 1 aromatic rings. The van der Waals surface area contributed by atoms with Gasteiger partial charge in [-0.15, -0.1) is 5.10 Å². The van der Waals surface area contributed by atoms with Crippen LogP contribution in [0, 0.1) is 0 Å². The molecule has 1 aromatic heterocycles. The van der Waals surface area contributed by atoms with Crippen LogP contribution < -0.4 is 5.32 Å². The Morgan fingerprint density at radius 2 is 2.56 bits per heavy atom. The van der Waals surface area contributed by atoms with Crippen molar-refractivity contribution in [2.45, 2.75) is 6.10 Å². The van der Waals surface area contributed by atoms with E-state index in [1.54, 1.807) is 12.3 Å². The van der Waals surface area contributed by atoms with Crippen LogP contribution in [0.1, 0.15) is 0 Å². The summed E-state index contributed by atoms with van der Waals surface area (Å²) < 4.78 is 5.63. The van der Waals surface area contributed by atoms with Crippen LogP contribution >= 0.6 is 11.6 Å². The van der Waals surface area contributed by atoms with E-state index in [-0.39, 0.29) is 6.10 Å². The highest BCUT2D eigenvalue weighted by Gasteiger charge is 2.17. The van der Waals surface area contributed by atoms with Gasteiger partial charge in [0.15, 0.2) is 5.15 Å². The third-order valence-electron chi connectivity index (χ3n) is 2.50. The summed E-state index contributed by atoms with van der Waals surface area (Å²) >= 11 is 5.74. The molecule has 0 aliphatic carbocycles. The molecule has 1 aliphatic rings. The molecule has 0 bridgehead atoms. The maximum absolute atomic E-state index is 5.74. The molecule has 1 saturated heterocycles. The summed E-state index contributed by atoms with van der Waals surface area (Å²) in [7, 11) is 2.10. The van der Waals surface area contributed by atoms with Gasteiger partial charge in [0.25, 0.3) is 0 Å². The van der Waals surface area contributed by atoms with Crippen molar-refractivity contribution >= 4 is 17.3 Å². The minimum atomic E-state index is 0.214. The SMILES string of the molecule is CN1CCOC(CNc2cnnc(Cl)c2)C1. The Kier molecular flexibility index (Phi) is 3.93. The molecule has 0 aromatic carbocycles. The van der Waals surface area contributed by atoms with Crippen LogP contribution in [0.4, 0.5) is 5.69 Å². The van der Waals surface area contributed by atoms with Crippen molar-refractivity contribution in [2.75, 3.05) is 38.6 Å². The predicted molar refractivity (Wildman–Crippen MR) is 62.8 cm³/mol. The maximum atomic E-state index is 5.74. The van der Waals surface area contributed by atoms with E-state index >= 15 is 0 Å². The minimum Gasteiger partial charge on any atom is -0.381 e. The quantitative estimate of drug-likeness (QED) is 0.853. The monoisotopic (exact) mass is 242 g/mol. The van der Waals surface area contributed by atoms with Gasteiger partial charge in [0.05, 0.1) is 24.6 Å². The third kappa shape index (κ3) is 3.30. The van der Waals surface area contributed by atoms with Crippen LogP contribution in [-0.2, 0) is 4.74 Å². The Hall–Kier alpha value is -0.910. The third-order valence-corrected chi connectivity index (χ3v) is 2.69. The number of morpholine rings is 1. The average Bonchev–Trinajstić information content (AvgIpc) is 2.27. The van der Waals surface area contributed by atoms with Gasteiger partial charge in [-0.2, -0.15) is 5.10 Å². The average molecular weight is 243 g/mol. The summed E-state index contributed by atoms with van der Waals surface area (Å²) in [6, 6.07) is 1.75. The maximum Gasteiger partial charge on any atom is 0.153 e. The molecule has 16 heavy (non-hydrogen) atoms. The number of anilines is 1. The van der Waals surface area contributed by atoms with E-state index in [4.69, 9.17) is 16.3 Å². The van der Waals surface area contributed by atoms with E-state index in [1.807, 2.05) is 0 Å². The summed E-state index contributed by atoms with van der Waals surface area (Å²) in [5.74, 6) is 0. The van der Waals surface area contributed by atoms with E-state index in [2.05, 4.69) is 27.5 Å². The van der Waals surface area contributed by atoms with Crippen LogP contribution in [0.5, 0.6) is 0 Å². The van der Waals surface area contributed by atoms with Crippen molar-refractivity contribution in [3.8, 4) is 0 Å². The molecule has 1 fully saturated rings. The number of hydrogen-bond donors (Lipinski definition) is 1. The van der Waals surface area contributed by atoms with Gasteiger partial charge in [-0.05, 0) is 7.05 Å². The summed E-state index contributed by atoms with van der Waals surface area (Å²) in [5, 5.41) is 11.1. The molecule has 2 rings (SSSR count). The number of hydrogen-bond acceptors (Lipinski definition) is 5. The van der Waals surface area contributed by atoms with E-state index < -0.39 is 0 Å².